The van der Waals surface area contributed by atoms with E-state index in [-0.39, 0.29) is 23.9 Å². The van der Waals surface area contributed by atoms with Gasteiger partial charge in [0.2, 0.25) is 5.91 Å². The molecule has 2 aromatic carbocycles. The van der Waals surface area contributed by atoms with E-state index < -0.39 is 17.4 Å². The first-order valence-electron chi connectivity index (χ1n) is 8.81. The van der Waals surface area contributed by atoms with E-state index in [1.807, 2.05) is 25.1 Å². The van der Waals surface area contributed by atoms with Gasteiger partial charge in [0.15, 0.2) is 12.4 Å². The Bertz CT molecular complexity index is 882. The van der Waals surface area contributed by atoms with Gasteiger partial charge in [0.05, 0.1) is 11.5 Å². The van der Waals surface area contributed by atoms with Crippen molar-refractivity contribution in [2.75, 3.05) is 25.5 Å². The van der Waals surface area contributed by atoms with Crippen molar-refractivity contribution in [3.63, 3.8) is 0 Å². The Hall–Kier alpha value is -3.42. The van der Waals surface area contributed by atoms with E-state index in [1.165, 1.54) is 24.1 Å². The standard InChI is InChI=1S/C20H23N3O5/c1-4-15-7-5-6-8-16(15)21-19(24)12-22(3)20(25)13-28-18-10-9-14(2)11-17(18)23(26)27/h5-11H,4,12-13H2,1-3H3,(H,21,24). The lowest BCUT2D eigenvalue weighted by Gasteiger charge is -2.18. The molecule has 1 N–H and O–H groups in total. The number of nitro benzene ring substituents is 1. The van der Waals surface area contributed by atoms with Crippen LogP contribution in [0, 0.1) is 17.0 Å². The molecule has 2 aromatic rings. The van der Waals surface area contributed by atoms with Crippen LogP contribution in [-0.2, 0) is 16.0 Å². The van der Waals surface area contributed by atoms with Crippen molar-refractivity contribution in [1.29, 1.82) is 0 Å². The van der Waals surface area contributed by atoms with Crippen LogP contribution in [0.15, 0.2) is 42.5 Å². The van der Waals surface area contributed by atoms with Crippen molar-refractivity contribution in [1.82, 2.24) is 4.90 Å². The summed E-state index contributed by atoms with van der Waals surface area (Å²) in [5, 5.41) is 13.9. The summed E-state index contributed by atoms with van der Waals surface area (Å²) in [7, 11) is 1.47. The van der Waals surface area contributed by atoms with Crippen LogP contribution in [0.4, 0.5) is 11.4 Å². The predicted molar refractivity (Wildman–Crippen MR) is 105 cm³/mol. The lowest BCUT2D eigenvalue weighted by atomic mass is 10.1. The van der Waals surface area contributed by atoms with E-state index in [0.29, 0.717) is 11.3 Å². The Labute approximate surface area is 163 Å². The van der Waals surface area contributed by atoms with E-state index in [0.717, 1.165) is 12.0 Å². The SMILES string of the molecule is CCc1ccccc1NC(=O)CN(C)C(=O)COc1ccc(C)cc1[N+](=O)[O-]. The summed E-state index contributed by atoms with van der Waals surface area (Å²) in [4.78, 5) is 36.2. The van der Waals surface area contributed by atoms with Gasteiger partial charge >= 0.3 is 5.69 Å². The zero-order valence-electron chi connectivity index (χ0n) is 16.1. The molecule has 0 aromatic heterocycles. The van der Waals surface area contributed by atoms with Crippen LogP contribution in [0.2, 0.25) is 0 Å². The van der Waals surface area contributed by atoms with Crippen molar-refractivity contribution in [2.24, 2.45) is 0 Å². The van der Waals surface area contributed by atoms with Crippen LogP contribution in [0.3, 0.4) is 0 Å². The van der Waals surface area contributed by atoms with Crippen molar-refractivity contribution in [3.05, 3.63) is 63.7 Å². The predicted octanol–water partition coefficient (Wildman–Crippen LogP) is 2.94. The average Bonchev–Trinajstić information content (AvgIpc) is 2.66. The van der Waals surface area contributed by atoms with Gasteiger partial charge < -0.3 is 15.0 Å². The van der Waals surface area contributed by atoms with E-state index in [9.17, 15) is 19.7 Å². The number of carbonyl (C=O) groups is 2. The van der Waals surface area contributed by atoms with Crippen LogP contribution in [0.1, 0.15) is 18.1 Å². The summed E-state index contributed by atoms with van der Waals surface area (Å²) in [5.74, 6) is -0.787. The Balaban J connectivity index is 1.93. The second kappa shape index (κ2) is 9.50. The third kappa shape index (κ3) is 5.54. The summed E-state index contributed by atoms with van der Waals surface area (Å²) in [5.41, 5.74) is 2.22. The Morgan fingerprint density at radius 2 is 1.93 bits per heavy atom. The van der Waals surface area contributed by atoms with Crippen LogP contribution in [-0.4, -0.2) is 41.8 Å². The molecular formula is C20H23N3O5. The number of anilines is 1. The number of hydrogen-bond donors (Lipinski definition) is 1. The highest BCUT2D eigenvalue weighted by atomic mass is 16.6. The summed E-state index contributed by atoms with van der Waals surface area (Å²) < 4.78 is 5.31. The quantitative estimate of drug-likeness (QED) is 0.556. The number of para-hydroxylation sites is 1. The van der Waals surface area contributed by atoms with Gasteiger partial charge in [-0.05, 0) is 36.6 Å². The molecule has 0 aliphatic rings. The number of nitrogens with one attached hydrogen (secondary N) is 1. The first-order valence-corrected chi connectivity index (χ1v) is 8.81. The normalized spacial score (nSPS) is 10.2. The minimum absolute atomic E-state index is 0.0127. The summed E-state index contributed by atoms with van der Waals surface area (Å²) in [6.45, 7) is 3.16. The molecule has 0 aliphatic carbocycles. The molecule has 8 heteroatoms. The topological polar surface area (TPSA) is 102 Å². The summed E-state index contributed by atoms with van der Waals surface area (Å²) in [6.07, 6.45) is 0.772. The fourth-order valence-corrected chi connectivity index (χ4v) is 2.59. The fourth-order valence-electron chi connectivity index (χ4n) is 2.59. The minimum Gasteiger partial charge on any atom is -0.477 e. The first kappa shape index (κ1) is 20.9. The molecule has 0 radical (unpaired) electrons. The van der Waals surface area contributed by atoms with Gasteiger partial charge in [0, 0.05) is 18.8 Å². The van der Waals surface area contributed by atoms with Gasteiger partial charge in [-0.25, -0.2) is 0 Å². The highest BCUT2D eigenvalue weighted by Gasteiger charge is 2.19. The Morgan fingerprint density at radius 3 is 2.61 bits per heavy atom. The van der Waals surface area contributed by atoms with Crippen molar-refractivity contribution in [3.8, 4) is 5.75 Å². The Morgan fingerprint density at radius 1 is 1.21 bits per heavy atom. The van der Waals surface area contributed by atoms with Crippen LogP contribution >= 0.6 is 0 Å². The largest absolute Gasteiger partial charge is 0.477 e. The molecule has 0 atom stereocenters. The molecule has 0 heterocycles. The molecule has 0 saturated heterocycles. The van der Waals surface area contributed by atoms with Crippen molar-refractivity contribution >= 4 is 23.2 Å². The number of rotatable bonds is 8. The van der Waals surface area contributed by atoms with Gasteiger partial charge in [0.1, 0.15) is 0 Å². The molecule has 0 unspecified atom stereocenters. The van der Waals surface area contributed by atoms with Crippen molar-refractivity contribution in [2.45, 2.75) is 20.3 Å². The number of likely N-dealkylation sites (N-methyl/N-ethyl adjacent to an activating group) is 1. The number of carbonyl (C=O) groups excluding carboxylic acids is 2. The van der Waals surface area contributed by atoms with Gasteiger partial charge in [0.25, 0.3) is 5.91 Å². The molecule has 0 aliphatic heterocycles. The third-order valence-corrected chi connectivity index (χ3v) is 4.14. The Kier molecular flexibility index (Phi) is 7.08. The lowest BCUT2D eigenvalue weighted by Crippen LogP contribution is -2.37. The van der Waals surface area contributed by atoms with Gasteiger partial charge in [-0.15, -0.1) is 0 Å². The number of aryl methyl sites for hydroxylation is 2. The maximum absolute atomic E-state index is 12.2. The zero-order valence-corrected chi connectivity index (χ0v) is 16.1. The van der Waals surface area contributed by atoms with E-state index in [2.05, 4.69) is 5.32 Å². The first-order chi connectivity index (χ1) is 13.3. The number of amides is 2. The van der Waals surface area contributed by atoms with E-state index >= 15 is 0 Å². The molecule has 148 valence electrons. The van der Waals surface area contributed by atoms with Crippen LogP contribution < -0.4 is 10.1 Å². The molecule has 0 spiro atoms. The number of ether oxygens (including phenoxy) is 1. The van der Waals surface area contributed by atoms with E-state index in [4.69, 9.17) is 4.74 Å². The summed E-state index contributed by atoms with van der Waals surface area (Å²) >= 11 is 0. The number of nitro groups is 1. The fraction of sp³-hybridized carbons (Fsp3) is 0.300. The van der Waals surface area contributed by atoms with Gasteiger partial charge in [-0.1, -0.05) is 31.2 Å². The third-order valence-electron chi connectivity index (χ3n) is 4.14. The highest BCUT2D eigenvalue weighted by Crippen LogP contribution is 2.27. The van der Waals surface area contributed by atoms with Gasteiger partial charge in [-0.3, -0.25) is 19.7 Å². The van der Waals surface area contributed by atoms with Crippen molar-refractivity contribution < 1.29 is 19.2 Å². The molecule has 8 nitrogen and oxygen atoms in total. The minimum atomic E-state index is -0.560. The molecule has 2 amide bonds. The zero-order chi connectivity index (χ0) is 20.7. The van der Waals surface area contributed by atoms with Crippen LogP contribution in [0.25, 0.3) is 0 Å². The molecule has 0 bridgehead atoms. The smallest absolute Gasteiger partial charge is 0.311 e. The maximum Gasteiger partial charge on any atom is 0.311 e. The van der Waals surface area contributed by atoms with Crippen LogP contribution in [0.5, 0.6) is 5.75 Å². The summed E-state index contributed by atoms with van der Waals surface area (Å²) in [6, 6.07) is 11.9. The molecule has 28 heavy (non-hydrogen) atoms. The number of nitrogens with zero attached hydrogens (tertiary/aromatic N) is 2. The monoisotopic (exact) mass is 385 g/mol. The molecule has 2 rings (SSSR count). The number of hydrogen-bond acceptors (Lipinski definition) is 5. The molecule has 0 saturated carbocycles. The molecular weight excluding hydrogens is 362 g/mol. The highest BCUT2D eigenvalue weighted by molar-refractivity contribution is 5.95. The van der Waals surface area contributed by atoms with Gasteiger partial charge in [-0.2, -0.15) is 0 Å². The number of benzene rings is 2. The second-order valence-corrected chi connectivity index (χ2v) is 6.33. The maximum atomic E-state index is 12.2. The average molecular weight is 385 g/mol. The lowest BCUT2D eigenvalue weighted by molar-refractivity contribution is -0.385. The molecule has 0 fully saturated rings. The second-order valence-electron chi connectivity index (χ2n) is 6.33. The van der Waals surface area contributed by atoms with E-state index in [1.54, 1.807) is 19.1 Å².